The van der Waals surface area contributed by atoms with E-state index in [9.17, 15) is 4.79 Å². The number of carbonyl (C=O) groups excluding carboxylic acids is 1. The summed E-state index contributed by atoms with van der Waals surface area (Å²) in [6, 6.07) is 8.15. The van der Waals surface area contributed by atoms with Crippen LogP contribution in [-0.2, 0) is 4.74 Å². The Morgan fingerprint density at radius 3 is 2.50 bits per heavy atom. The van der Waals surface area contributed by atoms with Crippen LogP contribution in [0.4, 0.5) is 0 Å². The minimum atomic E-state index is -0.0234. The number of amides is 1. The first-order chi connectivity index (χ1) is 9.70. The molecule has 0 aliphatic heterocycles. The molecule has 0 heterocycles. The second-order valence-corrected chi connectivity index (χ2v) is 5.79. The molecule has 1 amide bonds. The Morgan fingerprint density at radius 1 is 1.25 bits per heavy atom. The summed E-state index contributed by atoms with van der Waals surface area (Å²) in [7, 11) is 1.64. The quantitative estimate of drug-likeness (QED) is 0.893. The van der Waals surface area contributed by atoms with Crippen molar-refractivity contribution in [3.05, 3.63) is 35.4 Å². The zero-order valence-electron chi connectivity index (χ0n) is 12.5. The molecule has 1 fully saturated rings. The molecule has 3 nitrogen and oxygen atoms in total. The lowest BCUT2D eigenvalue weighted by Gasteiger charge is -2.22. The molecule has 0 spiro atoms. The fourth-order valence-corrected chi connectivity index (χ4v) is 2.94. The Bertz CT molecular complexity index is 421. The van der Waals surface area contributed by atoms with Crippen molar-refractivity contribution < 1.29 is 9.53 Å². The van der Waals surface area contributed by atoms with Crippen molar-refractivity contribution in [1.29, 1.82) is 0 Å². The number of methoxy groups -OCH3 is 1. The van der Waals surface area contributed by atoms with Crippen LogP contribution < -0.4 is 5.32 Å². The largest absolute Gasteiger partial charge is 0.383 e. The van der Waals surface area contributed by atoms with Gasteiger partial charge < -0.3 is 10.1 Å². The van der Waals surface area contributed by atoms with Crippen LogP contribution in [0.5, 0.6) is 0 Å². The van der Waals surface area contributed by atoms with Crippen LogP contribution in [0.2, 0.25) is 0 Å². The Balaban J connectivity index is 1.95. The summed E-state index contributed by atoms with van der Waals surface area (Å²) in [5.41, 5.74) is 2.11. The summed E-state index contributed by atoms with van der Waals surface area (Å²) < 4.78 is 5.02. The molecular weight excluding hydrogens is 250 g/mol. The van der Waals surface area contributed by atoms with Crippen LogP contribution in [0.3, 0.4) is 0 Å². The van der Waals surface area contributed by atoms with E-state index in [1.165, 1.54) is 37.7 Å². The van der Waals surface area contributed by atoms with Crippen LogP contribution in [0, 0.1) is 0 Å². The van der Waals surface area contributed by atoms with E-state index in [-0.39, 0.29) is 11.9 Å². The lowest BCUT2D eigenvalue weighted by Crippen LogP contribution is -2.35. The molecule has 20 heavy (non-hydrogen) atoms. The second-order valence-electron chi connectivity index (χ2n) is 5.79. The van der Waals surface area contributed by atoms with Gasteiger partial charge in [0.15, 0.2) is 0 Å². The van der Waals surface area contributed by atoms with Gasteiger partial charge in [0, 0.05) is 18.7 Å². The molecule has 0 saturated heterocycles. The van der Waals surface area contributed by atoms with Gasteiger partial charge in [0.05, 0.1) is 6.61 Å². The van der Waals surface area contributed by atoms with E-state index < -0.39 is 0 Å². The monoisotopic (exact) mass is 275 g/mol. The lowest BCUT2D eigenvalue weighted by molar-refractivity contribution is 0.0905. The number of benzene rings is 1. The van der Waals surface area contributed by atoms with Crippen LogP contribution in [-0.4, -0.2) is 25.7 Å². The Morgan fingerprint density at radius 2 is 1.90 bits per heavy atom. The molecule has 1 aliphatic carbocycles. The first kappa shape index (κ1) is 15.0. The summed E-state index contributed by atoms with van der Waals surface area (Å²) in [6.07, 6.45) is 6.62. The van der Waals surface area contributed by atoms with Crippen molar-refractivity contribution in [1.82, 2.24) is 5.32 Å². The van der Waals surface area contributed by atoms with Crippen LogP contribution >= 0.6 is 0 Å². The van der Waals surface area contributed by atoms with Crippen molar-refractivity contribution in [3.63, 3.8) is 0 Å². The van der Waals surface area contributed by atoms with Gasteiger partial charge in [0.2, 0.25) is 0 Å². The third kappa shape index (κ3) is 4.07. The van der Waals surface area contributed by atoms with Gasteiger partial charge in [0.1, 0.15) is 0 Å². The van der Waals surface area contributed by atoms with Gasteiger partial charge in [-0.1, -0.05) is 31.4 Å². The van der Waals surface area contributed by atoms with E-state index in [2.05, 4.69) is 17.4 Å². The normalized spacial score (nSPS) is 17.7. The van der Waals surface area contributed by atoms with Crippen LogP contribution in [0.25, 0.3) is 0 Å². The maximum atomic E-state index is 12.1. The van der Waals surface area contributed by atoms with Gasteiger partial charge in [-0.2, -0.15) is 0 Å². The Labute approximate surface area is 121 Å². The number of hydrogen-bond acceptors (Lipinski definition) is 2. The zero-order valence-corrected chi connectivity index (χ0v) is 12.5. The second kappa shape index (κ2) is 7.44. The van der Waals surface area contributed by atoms with E-state index in [4.69, 9.17) is 4.74 Å². The molecule has 3 heteroatoms. The zero-order chi connectivity index (χ0) is 14.4. The van der Waals surface area contributed by atoms with E-state index >= 15 is 0 Å². The molecular formula is C17H25NO2. The van der Waals surface area contributed by atoms with E-state index in [0.717, 1.165) is 5.56 Å². The van der Waals surface area contributed by atoms with Crippen molar-refractivity contribution in [3.8, 4) is 0 Å². The first-order valence-corrected chi connectivity index (χ1v) is 7.60. The molecule has 1 aliphatic rings. The predicted molar refractivity (Wildman–Crippen MR) is 81.1 cm³/mol. The topological polar surface area (TPSA) is 38.3 Å². The van der Waals surface area contributed by atoms with E-state index in [1.54, 1.807) is 7.11 Å². The van der Waals surface area contributed by atoms with Crippen LogP contribution in [0.15, 0.2) is 24.3 Å². The average Bonchev–Trinajstić information content (AvgIpc) is 2.48. The molecule has 1 saturated carbocycles. The molecule has 1 aromatic carbocycles. The fourth-order valence-electron chi connectivity index (χ4n) is 2.94. The van der Waals surface area contributed by atoms with E-state index in [1.807, 2.05) is 19.1 Å². The summed E-state index contributed by atoms with van der Waals surface area (Å²) in [5, 5.41) is 2.93. The third-order valence-electron chi connectivity index (χ3n) is 4.04. The maximum absolute atomic E-state index is 12.1. The van der Waals surface area contributed by atoms with Gasteiger partial charge >= 0.3 is 0 Å². The molecule has 1 N–H and O–H groups in total. The highest BCUT2D eigenvalue weighted by atomic mass is 16.5. The summed E-state index contributed by atoms with van der Waals surface area (Å²) >= 11 is 0. The predicted octanol–water partition coefficient (Wildman–Crippen LogP) is 3.50. The standard InChI is InChI=1S/C17H25NO2/c1-13(12-20-2)18-17(19)16-10-8-15(9-11-16)14-6-4-3-5-7-14/h8-11,13-14H,3-7,12H2,1-2H3,(H,18,19). The minimum absolute atomic E-state index is 0.0234. The number of hydrogen-bond donors (Lipinski definition) is 1. The molecule has 0 bridgehead atoms. The van der Waals surface area contributed by atoms with Gasteiger partial charge in [0.25, 0.3) is 5.91 Å². The molecule has 1 unspecified atom stereocenters. The molecule has 2 rings (SSSR count). The molecule has 110 valence electrons. The summed E-state index contributed by atoms with van der Waals surface area (Å²) in [6.45, 7) is 2.48. The number of carbonyl (C=O) groups is 1. The Kier molecular flexibility index (Phi) is 5.60. The molecule has 1 atom stereocenters. The number of nitrogens with one attached hydrogen (secondary N) is 1. The smallest absolute Gasteiger partial charge is 0.251 e. The fraction of sp³-hybridized carbons (Fsp3) is 0.588. The van der Waals surface area contributed by atoms with Gasteiger partial charge in [-0.15, -0.1) is 0 Å². The van der Waals surface area contributed by atoms with Gasteiger partial charge in [-0.25, -0.2) is 0 Å². The van der Waals surface area contributed by atoms with Crippen LogP contribution in [0.1, 0.15) is 60.9 Å². The van der Waals surface area contributed by atoms with E-state index in [0.29, 0.717) is 12.5 Å². The van der Waals surface area contributed by atoms with Gasteiger partial charge in [-0.3, -0.25) is 4.79 Å². The summed E-state index contributed by atoms with van der Waals surface area (Å²) in [4.78, 5) is 12.1. The average molecular weight is 275 g/mol. The first-order valence-electron chi connectivity index (χ1n) is 7.60. The molecule has 0 radical (unpaired) electrons. The minimum Gasteiger partial charge on any atom is -0.383 e. The summed E-state index contributed by atoms with van der Waals surface area (Å²) in [5.74, 6) is 0.665. The number of ether oxygens (including phenoxy) is 1. The maximum Gasteiger partial charge on any atom is 0.251 e. The highest BCUT2D eigenvalue weighted by Gasteiger charge is 2.16. The number of rotatable bonds is 5. The highest BCUT2D eigenvalue weighted by Crippen LogP contribution is 2.32. The Hall–Kier alpha value is -1.35. The van der Waals surface area contributed by atoms with Crippen molar-refractivity contribution in [2.24, 2.45) is 0 Å². The highest BCUT2D eigenvalue weighted by molar-refractivity contribution is 5.94. The lowest BCUT2D eigenvalue weighted by atomic mass is 9.84. The van der Waals surface area contributed by atoms with Gasteiger partial charge in [-0.05, 0) is 43.4 Å². The van der Waals surface area contributed by atoms with Crippen molar-refractivity contribution >= 4 is 5.91 Å². The van der Waals surface area contributed by atoms with Crippen molar-refractivity contribution in [2.45, 2.75) is 51.0 Å². The third-order valence-corrected chi connectivity index (χ3v) is 4.04. The molecule has 0 aromatic heterocycles. The molecule has 1 aromatic rings. The van der Waals surface area contributed by atoms with Crippen molar-refractivity contribution in [2.75, 3.05) is 13.7 Å². The SMILES string of the molecule is COCC(C)NC(=O)c1ccc(C2CCCCC2)cc1.